The Morgan fingerprint density at radius 2 is 2.04 bits per heavy atom. The second-order valence-corrected chi connectivity index (χ2v) is 6.01. The number of benzene rings is 1. The Kier molecular flexibility index (Phi) is 4.27. The van der Waals surface area contributed by atoms with Gasteiger partial charge in [0.25, 0.3) is 5.91 Å². The van der Waals surface area contributed by atoms with Gasteiger partial charge in [0.15, 0.2) is 11.5 Å². The van der Waals surface area contributed by atoms with Gasteiger partial charge in [0, 0.05) is 0 Å². The molecular weight excluding hydrogens is 428 g/mol. The highest BCUT2D eigenvalue weighted by molar-refractivity contribution is 9.13. The first kappa shape index (κ1) is 15.5. The Hall–Kier alpha value is -2.44. The van der Waals surface area contributed by atoms with E-state index in [1.807, 2.05) is 36.4 Å². The maximum absolute atomic E-state index is 12.4. The van der Waals surface area contributed by atoms with Crippen molar-refractivity contribution in [3.05, 3.63) is 56.9 Å². The van der Waals surface area contributed by atoms with Crippen LogP contribution in [0.1, 0.15) is 16.1 Å². The van der Waals surface area contributed by atoms with Crippen LogP contribution in [0.25, 0.3) is 5.69 Å². The van der Waals surface area contributed by atoms with Gasteiger partial charge in [-0.05, 0) is 44.0 Å². The Balaban J connectivity index is 2.00. The number of halogens is 2. The smallest absolute Gasteiger partial charge is 0.278 e. The van der Waals surface area contributed by atoms with Crippen LogP contribution in [-0.4, -0.2) is 25.9 Å². The summed E-state index contributed by atoms with van der Waals surface area (Å²) in [5, 5.41) is 22.6. The van der Waals surface area contributed by atoms with Gasteiger partial charge < -0.3 is 5.32 Å². The zero-order valence-electron chi connectivity index (χ0n) is 11.4. The second kappa shape index (κ2) is 6.36. The molecule has 0 saturated heterocycles. The van der Waals surface area contributed by atoms with Crippen molar-refractivity contribution < 1.29 is 4.79 Å². The minimum Gasteiger partial charge on any atom is -0.304 e. The number of anilines is 1. The first-order chi connectivity index (χ1) is 11.1. The number of rotatable bonds is 3. The Morgan fingerprint density at radius 3 is 2.65 bits per heavy atom. The molecule has 1 amide bonds. The van der Waals surface area contributed by atoms with Gasteiger partial charge in [-0.15, -0.1) is 0 Å². The predicted octanol–water partition coefficient (Wildman–Crippen LogP) is 3.24. The molecule has 2 N–H and O–H groups in total. The zero-order valence-corrected chi connectivity index (χ0v) is 14.6. The molecule has 0 aliphatic carbocycles. The van der Waals surface area contributed by atoms with Crippen LogP contribution in [0.2, 0.25) is 0 Å². The number of nitriles is 1. The Morgan fingerprint density at radius 1 is 1.30 bits per heavy atom. The summed E-state index contributed by atoms with van der Waals surface area (Å²) in [4.78, 5) is 12.4. The third-order valence-electron chi connectivity index (χ3n) is 3.00. The van der Waals surface area contributed by atoms with E-state index in [-0.39, 0.29) is 17.1 Å². The van der Waals surface area contributed by atoms with E-state index in [1.54, 1.807) is 0 Å². The molecule has 3 aromatic rings. The lowest BCUT2D eigenvalue weighted by Crippen LogP contribution is -2.17. The summed E-state index contributed by atoms with van der Waals surface area (Å²) in [6.45, 7) is 0. The molecule has 0 aliphatic rings. The molecule has 0 radical (unpaired) electrons. The first-order valence-electron chi connectivity index (χ1n) is 6.36. The number of hydrogen-bond acceptors (Lipinski definition) is 4. The number of carbonyl (C=O) groups excluding carboxylic acids is 1. The lowest BCUT2D eigenvalue weighted by molar-refractivity contribution is 0.102. The van der Waals surface area contributed by atoms with E-state index < -0.39 is 5.91 Å². The number of hydrogen-bond donors (Lipinski definition) is 2. The van der Waals surface area contributed by atoms with E-state index in [2.05, 4.69) is 52.5 Å². The van der Waals surface area contributed by atoms with Crippen molar-refractivity contribution in [2.24, 2.45) is 0 Å². The van der Waals surface area contributed by atoms with Crippen molar-refractivity contribution in [1.29, 1.82) is 5.26 Å². The maximum atomic E-state index is 12.4. The summed E-state index contributed by atoms with van der Waals surface area (Å²) in [7, 11) is 0. The molecule has 9 heteroatoms. The second-order valence-electron chi connectivity index (χ2n) is 4.42. The SMILES string of the molecule is N#Cc1cnn(-c2ccccc2)c1NC(=O)c1n[nH]c(Br)c1Br. The summed E-state index contributed by atoms with van der Waals surface area (Å²) in [6, 6.07) is 11.2. The average molecular weight is 436 g/mol. The van der Waals surface area contributed by atoms with Crippen LogP contribution in [0.4, 0.5) is 5.82 Å². The quantitative estimate of drug-likeness (QED) is 0.659. The minimum atomic E-state index is -0.465. The van der Waals surface area contributed by atoms with Crippen LogP contribution in [0.15, 0.2) is 45.6 Å². The molecule has 0 bridgehead atoms. The summed E-state index contributed by atoms with van der Waals surface area (Å²) >= 11 is 6.49. The number of nitrogens with zero attached hydrogens (tertiary/aromatic N) is 4. The number of amides is 1. The van der Waals surface area contributed by atoms with Gasteiger partial charge in [-0.25, -0.2) is 4.68 Å². The van der Waals surface area contributed by atoms with Gasteiger partial charge in [0.1, 0.15) is 16.2 Å². The van der Waals surface area contributed by atoms with Crippen LogP contribution < -0.4 is 5.32 Å². The predicted molar refractivity (Wildman–Crippen MR) is 90.2 cm³/mol. The fourth-order valence-corrected chi connectivity index (χ4v) is 2.57. The molecule has 1 aromatic carbocycles. The number of nitrogens with one attached hydrogen (secondary N) is 2. The third kappa shape index (κ3) is 2.91. The van der Waals surface area contributed by atoms with Crippen LogP contribution >= 0.6 is 31.9 Å². The molecule has 0 aliphatic heterocycles. The number of para-hydroxylation sites is 1. The summed E-state index contributed by atoms with van der Waals surface area (Å²) in [6.07, 6.45) is 1.40. The largest absolute Gasteiger partial charge is 0.304 e. The first-order valence-corrected chi connectivity index (χ1v) is 7.94. The van der Waals surface area contributed by atoms with E-state index in [4.69, 9.17) is 0 Å². The van der Waals surface area contributed by atoms with E-state index in [0.29, 0.717) is 9.08 Å². The highest BCUT2D eigenvalue weighted by Crippen LogP contribution is 2.26. The number of H-pyrrole nitrogens is 1. The summed E-state index contributed by atoms with van der Waals surface area (Å²) in [5.74, 6) is -0.178. The number of aromatic nitrogens is 4. The normalized spacial score (nSPS) is 10.3. The van der Waals surface area contributed by atoms with Crippen molar-refractivity contribution in [2.45, 2.75) is 0 Å². The standard InChI is InChI=1S/C14H8Br2N6O/c15-10-11(20-21-12(10)16)14(23)19-13-8(6-17)7-18-22(13)9-4-2-1-3-5-9/h1-5,7H,(H,19,23)(H,20,21). The van der Waals surface area contributed by atoms with Crippen molar-refractivity contribution in [1.82, 2.24) is 20.0 Å². The molecule has 0 atom stereocenters. The van der Waals surface area contributed by atoms with E-state index in [0.717, 1.165) is 5.69 Å². The summed E-state index contributed by atoms with van der Waals surface area (Å²) in [5.41, 5.74) is 1.15. The maximum Gasteiger partial charge on any atom is 0.278 e. The van der Waals surface area contributed by atoms with Crippen LogP contribution in [0.3, 0.4) is 0 Å². The molecule has 0 spiro atoms. The van der Waals surface area contributed by atoms with Gasteiger partial charge in [0.05, 0.1) is 16.4 Å². The van der Waals surface area contributed by atoms with Gasteiger partial charge in [0.2, 0.25) is 0 Å². The van der Waals surface area contributed by atoms with Gasteiger partial charge in [-0.2, -0.15) is 15.5 Å². The van der Waals surface area contributed by atoms with Crippen LogP contribution in [-0.2, 0) is 0 Å². The number of aromatic amines is 1. The molecule has 0 unspecified atom stereocenters. The van der Waals surface area contributed by atoms with E-state index in [9.17, 15) is 10.1 Å². The van der Waals surface area contributed by atoms with Crippen LogP contribution in [0, 0.1) is 11.3 Å². The fraction of sp³-hybridized carbons (Fsp3) is 0. The minimum absolute atomic E-state index is 0.168. The Labute approximate surface area is 147 Å². The average Bonchev–Trinajstić information content (AvgIpc) is 3.12. The third-order valence-corrected chi connectivity index (χ3v) is 4.88. The van der Waals surface area contributed by atoms with Gasteiger partial charge in [-0.1, -0.05) is 18.2 Å². The highest BCUT2D eigenvalue weighted by atomic mass is 79.9. The number of carbonyl (C=O) groups is 1. The van der Waals surface area contributed by atoms with Crippen molar-refractivity contribution in [2.75, 3.05) is 5.32 Å². The highest BCUT2D eigenvalue weighted by Gasteiger charge is 2.20. The topological polar surface area (TPSA) is 99.4 Å². The van der Waals surface area contributed by atoms with Gasteiger partial charge in [-0.3, -0.25) is 9.89 Å². The van der Waals surface area contributed by atoms with E-state index in [1.165, 1.54) is 10.9 Å². The molecule has 2 heterocycles. The monoisotopic (exact) mass is 434 g/mol. The van der Waals surface area contributed by atoms with Crippen molar-refractivity contribution >= 4 is 43.6 Å². The molecule has 2 aromatic heterocycles. The molecule has 0 fully saturated rings. The fourth-order valence-electron chi connectivity index (χ4n) is 1.94. The molecular formula is C14H8Br2N6O. The lowest BCUT2D eigenvalue weighted by atomic mass is 10.3. The molecule has 23 heavy (non-hydrogen) atoms. The van der Waals surface area contributed by atoms with Crippen molar-refractivity contribution in [3.63, 3.8) is 0 Å². The Bertz CT molecular complexity index is 909. The van der Waals surface area contributed by atoms with E-state index >= 15 is 0 Å². The summed E-state index contributed by atoms with van der Waals surface area (Å²) < 4.78 is 2.55. The van der Waals surface area contributed by atoms with Gasteiger partial charge >= 0.3 is 0 Å². The molecule has 3 rings (SSSR count). The molecule has 7 nitrogen and oxygen atoms in total. The lowest BCUT2D eigenvalue weighted by Gasteiger charge is -2.08. The van der Waals surface area contributed by atoms with Crippen LogP contribution in [0.5, 0.6) is 0 Å². The molecule has 114 valence electrons. The zero-order chi connectivity index (χ0) is 16.4. The molecule has 0 saturated carbocycles. The van der Waals surface area contributed by atoms with Crippen molar-refractivity contribution in [3.8, 4) is 11.8 Å².